The van der Waals surface area contributed by atoms with E-state index in [1.165, 1.54) is 24.3 Å². The third kappa shape index (κ3) is 4.01. The lowest BCUT2D eigenvalue weighted by Crippen LogP contribution is -2.12. The fraction of sp³-hybridized carbons (Fsp3) is 0.154. The number of rotatable bonds is 5. The van der Waals surface area contributed by atoms with Crippen molar-refractivity contribution in [3.63, 3.8) is 0 Å². The van der Waals surface area contributed by atoms with Gasteiger partial charge in [-0.25, -0.2) is 13.2 Å². The number of sulfonamides is 1. The van der Waals surface area contributed by atoms with Crippen molar-refractivity contribution in [2.75, 3.05) is 11.3 Å². The van der Waals surface area contributed by atoms with E-state index in [0.29, 0.717) is 3.79 Å². The van der Waals surface area contributed by atoms with Gasteiger partial charge in [0, 0.05) is 0 Å². The van der Waals surface area contributed by atoms with Crippen LogP contribution >= 0.6 is 38.9 Å². The molecular formula is C13H11BrClNO4S2. The van der Waals surface area contributed by atoms with E-state index in [4.69, 9.17) is 16.3 Å². The molecule has 5 nitrogen and oxygen atoms in total. The minimum absolute atomic E-state index is 0.117. The van der Waals surface area contributed by atoms with Crippen LogP contribution < -0.4 is 4.72 Å². The van der Waals surface area contributed by atoms with E-state index in [-0.39, 0.29) is 27.1 Å². The zero-order valence-electron chi connectivity index (χ0n) is 11.3. The molecule has 0 fully saturated rings. The fourth-order valence-corrected chi connectivity index (χ4v) is 4.92. The van der Waals surface area contributed by atoms with Crippen LogP contribution in [0, 0.1) is 0 Å². The summed E-state index contributed by atoms with van der Waals surface area (Å²) in [5, 5.41) is 0.117. The predicted octanol–water partition coefficient (Wildman–Crippen LogP) is 4.14. The first kappa shape index (κ1) is 17.3. The number of ether oxygens (including phenoxy) is 1. The zero-order chi connectivity index (χ0) is 16.3. The van der Waals surface area contributed by atoms with Crippen LogP contribution in [0.4, 0.5) is 5.69 Å². The summed E-state index contributed by atoms with van der Waals surface area (Å²) in [5.74, 6) is -0.552. The van der Waals surface area contributed by atoms with Gasteiger partial charge in [-0.3, -0.25) is 4.72 Å². The van der Waals surface area contributed by atoms with E-state index in [2.05, 4.69) is 20.7 Å². The minimum atomic E-state index is -3.69. The van der Waals surface area contributed by atoms with Crippen LogP contribution in [0.2, 0.25) is 5.02 Å². The maximum Gasteiger partial charge on any atom is 0.339 e. The van der Waals surface area contributed by atoms with Crippen LogP contribution in [0.5, 0.6) is 0 Å². The summed E-state index contributed by atoms with van der Waals surface area (Å²) in [6.45, 7) is 1.92. The molecular weight excluding hydrogens is 414 g/mol. The van der Waals surface area contributed by atoms with Gasteiger partial charge in [0.25, 0.3) is 10.0 Å². The fourth-order valence-electron chi connectivity index (χ4n) is 1.60. The van der Waals surface area contributed by atoms with Crippen LogP contribution in [0.1, 0.15) is 17.3 Å². The van der Waals surface area contributed by atoms with Gasteiger partial charge in [-0.2, -0.15) is 0 Å². The molecule has 1 aromatic carbocycles. The summed E-state index contributed by atoms with van der Waals surface area (Å²) >= 11 is 10.3. The van der Waals surface area contributed by atoms with Crippen molar-refractivity contribution in [2.24, 2.45) is 0 Å². The maximum atomic E-state index is 12.2. The molecule has 118 valence electrons. The molecule has 0 unspecified atom stereocenters. The average molecular weight is 425 g/mol. The molecule has 0 radical (unpaired) electrons. The maximum absolute atomic E-state index is 12.2. The molecule has 9 heteroatoms. The second kappa shape index (κ2) is 6.99. The smallest absolute Gasteiger partial charge is 0.339 e. The number of halogens is 2. The van der Waals surface area contributed by atoms with Crippen molar-refractivity contribution >= 4 is 60.5 Å². The molecule has 0 spiro atoms. The molecule has 1 heterocycles. The van der Waals surface area contributed by atoms with Crippen LogP contribution in [0.3, 0.4) is 0 Å². The third-order valence-electron chi connectivity index (χ3n) is 2.53. The number of thiophene rings is 1. The molecule has 0 bridgehead atoms. The topological polar surface area (TPSA) is 72.5 Å². The number of carbonyl (C=O) groups excluding carboxylic acids is 1. The van der Waals surface area contributed by atoms with Gasteiger partial charge in [0.1, 0.15) is 4.21 Å². The Bertz CT molecular complexity index is 804. The van der Waals surface area contributed by atoms with Crippen molar-refractivity contribution in [3.05, 3.63) is 44.7 Å². The Hall–Kier alpha value is -1.09. The summed E-state index contributed by atoms with van der Waals surface area (Å²) in [5.41, 5.74) is 0.452. The highest BCUT2D eigenvalue weighted by molar-refractivity contribution is 9.11. The molecule has 0 aliphatic carbocycles. The normalized spacial score (nSPS) is 11.2. The Labute approximate surface area is 145 Å². The lowest BCUT2D eigenvalue weighted by molar-refractivity contribution is 0.0526. The number of hydrogen-bond donors (Lipinski definition) is 1. The summed E-state index contributed by atoms with van der Waals surface area (Å²) in [7, 11) is -3.69. The van der Waals surface area contributed by atoms with Crippen LogP contribution in [0.15, 0.2) is 38.3 Å². The molecule has 0 atom stereocenters. The number of carbonyl (C=O) groups is 1. The first-order valence-electron chi connectivity index (χ1n) is 6.08. The minimum Gasteiger partial charge on any atom is -0.462 e. The zero-order valence-corrected chi connectivity index (χ0v) is 15.3. The summed E-state index contributed by atoms with van der Waals surface area (Å²) < 4.78 is 32.5. The van der Waals surface area contributed by atoms with Gasteiger partial charge in [-0.05, 0) is 53.2 Å². The van der Waals surface area contributed by atoms with Gasteiger partial charge >= 0.3 is 5.97 Å². The average Bonchev–Trinajstić information content (AvgIpc) is 2.86. The molecule has 22 heavy (non-hydrogen) atoms. The van der Waals surface area contributed by atoms with Gasteiger partial charge in [0.15, 0.2) is 0 Å². The van der Waals surface area contributed by atoms with Crippen molar-refractivity contribution in [3.8, 4) is 0 Å². The Morgan fingerprint density at radius 2 is 2.09 bits per heavy atom. The molecule has 2 aromatic rings. The number of hydrogen-bond acceptors (Lipinski definition) is 5. The van der Waals surface area contributed by atoms with Gasteiger partial charge in [0.2, 0.25) is 0 Å². The molecule has 0 aliphatic heterocycles. The predicted molar refractivity (Wildman–Crippen MR) is 90.2 cm³/mol. The first-order valence-corrected chi connectivity index (χ1v) is 9.55. The van der Waals surface area contributed by atoms with Crippen molar-refractivity contribution in [2.45, 2.75) is 11.1 Å². The Morgan fingerprint density at radius 3 is 2.64 bits per heavy atom. The Morgan fingerprint density at radius 1 is 1.36 bits per heavy atom. The van der Waals surface area contributed by atoms with Gasteiger partial charge in [0.05, 0.1) is 26.7 Å². The number of esters is 1. The van der Waals surface area contributed by atoms with E-state index in [1.807, 2.05) is 0 Å². The molecule has 0 aliphatic rings. The standard InChI is InChI=1S/C13H11BrClNO4S2/c1-2-20-13(17)9-4-3-8(7-10(9)15)16-22(18,19)12-6-5-11(14)21-12/h3-7,16H,2H2,1H3. The lowest BCUT2D eigenvalue weighted by Gasteiger charge is -2.09. The van der Waals surface area contributed by atoms with Crippen molar-refractivity contribution < 1.29 is 17.9 Å². The van der Waals surface area contributed by atoms with E-state index in [0.717, 1.165) is 11.3 Å². The molecule has 2 rings (SSSR count). The number of anilines is 1. The quantitative estimate of drug-likeness (QED) is 0.732. The van der Waals surface area contributed by atoms with Crippen LogP contribution in [-0.4, -0.2) is 21.0 Å². The first-order chi connectivity index (χ1) is 10.3. The highest BCUT2D eigenvalue weighted by atomic mass is 79.9. The van der Waals surface area contributed by atoms with E-state index < -0.39 is 16.0 Å². The molecule has 0 saturated heterocycles. The van der Waals surface area contributed by atoms with Crippen LogP contribution in [0.25, 0.3) is 0 Å². The van der Waals surface area contributed by atoms with Gasteiger partial charge in [-0.1, -0.05) is 11.6 Å². The lowest BCUT2D eigenvalue weighted by atomic mass is 10.2. The van der Waals surface area contributed by atoms with Crippen molar-refractivity contribution in [1.29, 1.82) is 0 Å². The van der Waals surface area contributed by atoms with E-state index in [1.54, 1.807) is 13.0 Å². The monoisotopic (exact) mass is 423 g/mol. The summed E-state index contributed by atoms with van der Waals surface area (Å²) in [6.07, 6.45) is 0. The molecule has 0 amide bonds. The summed E-state index contributed by atoms with van der Waals surface area (Å²) in [6, 6.07) is 7.39. The molecule has 0 saturated carbocycles. The van der Waals surface area contributed by atoms with E-state index >= 15 is 0 Å². The molecule has 1 N–H and O–H groups in total. The second-order valence-electron chi connectivity index (χ2n) is 4.08. The number of benzene rings is 1. The second-order valence-corrected chi connectivity index (χ2v) is 8.86. The largest absolute Gasteiger partial charge is 0.462 e. The van der Waals surface area contributed by atoms with Crippen LogP contribution in [-0.2, 0) is 14.8 Å². The summed E-state index contributed by atoms with van der Waals surface area (Å²) in [4.78, 5) is 11.6. The number of nitrogens with one attached hydrogen (secondary N) is 1. The SMILES string of the molecule is CCOC(=O)c1ccc(NS(=O)(=O)c2ccc(Br)s2)cc1Cl. The van der Waals surface area contributed by atoms with Gasteiger partial charge in [-0.15, -0.1) is 11.3 Å². The highest BCUT2D eigenvalue weighted by Crippen LogP contribution is 2.29. The third-order valence-corrected chi connectivity index (χ3v) is 6.34. The highest BCUT2D eigenvalue weighted by Gasteiger charge is 2.18. The Kier molecular flexibility index (Phi) is 5.49. The molecule has 1 aromatic heterocycles. The van der Waals surface area contributed by atoms with Crippen molar-refractivity contribution in [1.82, 2.24) is 0 Å². The van der Waals surface area contributed by atoms with E-state index in [9.17, 15) is 13.2 Å². The van der Waals surface area contributed by atoms with Gasteiger partial charge < -0.3 is 4.74 Å². The Balaban J connectivity index is 2.24.